The van der Waals surface area contributed by atoms with E-state index in [0.29, 0.717) is 18.3 Å². The van der Waals surface area contributed by atoms with Crippen LogP contribution < -0.4 is 0 Å². The maximum absolute atomic E-state index is 5.42. The van der Waals surface area contributed by atoms with Gasteiger partial charge in [0.1, 0.15) is 5.82 Å². The van der Waals surface area contributed by atoms with Crippen LogP contribution in [-0.4, -0.2) is 33.8 Å². The number of hydrogen-bond donors (Lipinski definition) is 0. The molecule has 0 amide bonds. The van der Waals surface area contributed by atoms with E-state index in [1.165, 1.54) is 0 Å². The summed E-state index contributed by atoms with van der Waals surface area (Å²) in [6, 6.07) is 0. The van der Waals surface area contributed by atoms with Crippen LogP contribution in [-0.2, 0) is 10.2 Å². The van der Waals surface area contributed by atoms with Crippen LogP contribution in [0.1, 0.15) is 51.0 Å². The molecule has 0 unspecified atom stereocenters. The summed E-state index contributed by atoms with van der Waals surface area (Å²) in [6.45, 7) is 10.6. The van der Waals surface area contributed by atoms with Crippen molar-refractivity contribution in [1.29, 1.82) is 0 Å². The minimum Gasteiger partial charge on any atom is -0.384 e. The molecule has 6 heteroatoms. The molecule has 0 bridgehead atoms. The number of nitrogens with zero attached hydrogens (tertiary/aromatic N) is 4. The summed E-state index contributed by atoms with van der Waals surface area (Å²) in [5, 5.41) is 4.08. The van der Waals surface area contributed by atoms with Gasteiger partial charge in [0.25, 0.3) is 5.89 Å². The Bertz CT molecular complexity index is 620. The van der Waals surface area contributed by atoms with Crippen molar-refractivity contribution >= 4 is 0 Å². The fourth-order valence-corrected chi connectivity index (χ4v) is 2.13. The van der Waals surface area contributed by atoms with Gasteiger partial charge in [-0.3, -0.25) is 0 Å². The number of hydrogen-bond acceptors (Lipinski definition) is 6. The molecule has 0 aliphatic heterocycles. The Morgan fingerprint density at radius 1 is 1.29 bits per heavy atom. The number of rotatable bonds is 5. The highest BCUT2D eigenvalue weighted by atomic mass is 16.5. The Hall–Kier alpha value is -1.82. The van der Waals surface area contributed by atoms with Gasteiger partial charge in [-0.15, -0.1) is 0 Å². The minimum absolute atomic E-state index is 0.254. The van der Waals surface area contributed by atoms with E-state index < -0.39 is 0 Å². The summed E-state index contributed by atoms with van der Waals surface area (Å²) in [5.74, 6) is 2.07. The molecule has 2 heterocycles. The van der Waals surface area contributed by atoms with Gasteiger partial charge in [0, 0.05) is 13.3 Å². The van der Waals surface area contributed by atoms with Crippen molar-refractivity contribution in [2.75, 3.05) is 13.7 Å². The fraction of sp³-hybridized carbons (Fsp3) is 0.600. The number of methoxy groups -OCH3 is 1. The van der Waals surface area contributed by atoms with Crippen molar-refractivity contribution in [3.05, 3.63) is 23.5 Å². The molecule has 0 saturated carbocycles. The van der Waals surface area contributed by atoms with Crippen LogP contribution in [0.25, 0.3) is 11.5 Å². The zero-order valence-electron chi connectivity index (χ0n) is 13.5. The Balaban J connectivity index is 2.43. The van der Waals surface area contributed by atoms with Crippen molar-refractivity contribution in [2.24, 2.45) is 0 Å². The highest BCUT2D eigenvalue weighted by Gasteiger charge is 2.28. The molecule has 2 rings (SSSR count). The van der Waals surface area contributed by atoms with E-state index in [0.717, 1.165) is 17.1 Å². The Kier molecular flexibility index (Phi) is 4.37. The van der Waals surface area contributed by atoms with E-state index in [4.69, 9.17) is 9.26 Å². The molecule has 0 radical (unpaired) electrons. The summed E-state index contributed by atoms with van der Waals surface area (Å²) in [7, 11) is 1.66. The lowest BCUT2D eigenvalue weighted by molar-refractivity contribution is 0.141. The smallest absolute Gasteiger partial charge is 0.261 e. The van der Waals surface area contributed by atoms with E-state index in [9.17, 15) is 0 Å². The lowest BCUT2D eigenvalue weighted by atomic mass is 9.94. The average Bonchev–Trinajstić information content (AvgIpc) is 2.88. The Morgan fingerprint density at radius 3 is 2.62 bits per heavy atom. The van der Waals surface area contributed by atoms with Crippen molar-refractivity contribution in [1.82, 2.24) is 20.1 Å². The molecular weight excluding hydrogens is 268 g/mol. The van der Waals surface area contributed by atoms with Crippen molar-refractivity contribution in [3.63, 3.8) is 0 Å². The van der Waals surface area contributed by atoms with E-state index >= 15 is 0 Å². The van der Waals surface area contributed by atoms with Gasteiger partial charge in [0.2, 0.25) is 0 Å². The molecule has 0 spiro atoms. The monoisotopic (exact) mass is 290 g/mol. The predicted molar refractivity (Wildman–Crippen MR) is 79.1 cm³/mol. The maximum Gasteiger partial charge on any atom is 0.261 e. The third-order valence-electron chi connectivity index (χ3n) is 3.25. The second-order valence-corrected chi connectivity index (χ2v) is 6.11. The van der Waals surface area contributed by atoms with Gasteiger partial charge in [0.05, 0.1) is 23.3 Å². The SMILES string of the molecule is COCC(C)(C)c1noc(-c2cnc(C)nc2C(C)C)n1. The zero-order chi connectivity index (χ0) is 15.6. The predicted octanol–water partition coefficient (Wildman–Crippen LogP) is 2.88. The molecule has 2 aromatic heterocycles. The molecule has 0 saturated heterocycles. The zero-order valence-corrected chi connectivity index (χ0v) is 13.5. The van der Waals surface area contributed by atoms with Crippen LogP contribution in [0.5, 0.6) is 0 Å². The first kappa shape index (κ1) is 15.6. The van der Waals surface area contributed by atoms with Gasteiger partial charge < -0.3 is 9.26 Å². The van der Waals surface area contributed by atoms with E-state index in [2.05, 4.69) is 34.0 Å². The molecule has 0 fully saturated rings. The number of aryl methyl sites for hydroxylation is 1. The molecule has 21 heavy (non-hydrogen) atoms. The van der Waals surface area contributed by atoms with Crippen LogP contribution in [0.15, 0.2) is 10.7 Å². The topological polar surface area (TPSA) is 73.9 Å². The molecular formula is C15H22N4O2. The van der Waals surface area contributed by atoms with Crippen molar-refractivity contribution < 1.29 is 9.26 Å². The normalized spacial score (nSPS) is 12.1. The average molecular weight is 290 g/mol. The van der Waals surface area contributed by atoms with Gasteiger partial charge in [-0.1, -0.05) is 32.9 Å². The second kappa shape index (κ2) is 5.89. The molecule has 0 aliphatic carbocycles. The molecule has 114 valence electrons. The molecule has 6 nitrogen and oxygen atoms in total. The summed E-state index contributed by atoms with van der Waals surface area (Å²) >= 11 is 0. The standard InChI is InChI=1S/C15H22N4O2/c1-9(2)12-11(7-16-10(3)17-12)13-18-14(19-21-13)15(4,5)8-20-6/h7,9H,8H2,1-6H3. The largest absolute Gasteiger partial charge is 0.384 e. The van der Waals surface area contributed by atoms with Crippen LogP contribution in [0.4, 0.5) is 0 Å². The highest BCUT2D eigenvalue weighted by molar-refractivity contribution is 5.55. The summed E-state index contributed by atoms with van der Waals surface area (Å²) in [6.07, 6.45) is 1.75. The van der Waals surface area contributed by atoms with Crippen LogP contribution >= 0.6 is 0 Å². The first-order chi connectivity index (χ1) is 9.85. The van der Waals surface area contributed by atoms with Crippen LogP contribution in [0, 0.1) is 6.92 Å². The quantitative estimate of drug-likeness (QED) is 0.843. The van der Waals surface area contributed by atoms with Crippen molar-refractivity contribution in [2.45, 2.75) is 46.0 Å². The molecule has 0 aromatic carbocycles. The van der Waals surface area contributed by atoms with E-state index in [1.807, 2.05) is 20.8 Å². The fourth-order valence-electron chi connectivity index (χ4n) is 2.13. The van der Waals surface area contributed by atoms with E-state index in [-0.39, 0.29) is 11.3 Å². The van der Waals surface area contributed by atoms with Gasteiger partial charge in [0.15, 0.2) is 5.82 Å². The van der Waals surface area contributed by atoms with Gasteiger partial charge >= 0.3 is 0 Å². The summed E-state index contributed by atoms with van der Waals surface area (Å²) in [5.41, 5.74) is 1.41. The van der Waals surface area contributed by atoms with Gasteiger partial charge in [-0.05, 0) is 12.8 Å². The minimum atomic E-state index is -0.306. The third kappa shape index (κ3) is 3.26. The first-order valence-corrected chi connectivity index (χ1v) is 7.02. The lowest BCUT2D eigenvalue weighted by Crippen LogP contribution is -2.25. The van der Waals surface area contributed by atoms with Crippen LogP contribution in [0.2, 0.25) is 0 Å². The van der Waals surface area contributed by atoms with Gasteiger partial charge in [-0.2, -0.15) is 4.98 Å². The molecule has 2 aromatic rings. The molecule has 0 N–H and O–H groups in total. The molecule has 0 aliphatic rings. The number of aromatic nitrogens is 4. The maximum atomic E-state index is 5.42. The lowest BCUT2D eigenvalue weighted by Gasteiger charge is -2.18. The highest BCUT2D eigenvalue weighted by Crippen LogP contribution is 2.28. The first-order valence-electron chi connectivity index (χ1n) is 7.02. The van der Waals surface area contributed by atoms with Crippen LogP contribution in [0.3, 0.4) is 0 Å². The molecule has 0 atom stereocenters. The van der Waals surface area contributed by atoms with Crippen molar-refractivity contribution in [3.8, 4) is 11.5 Å². The summed E-state index contributed by atoms with van der Waals surface area (Å²) in [4.78, 5) is 13.2. The van der Waals surface area contributed by atoms with E-state index in [1.54, 1.807) is 13.3 Å². The second-order valence-electron chi connectivity index (χ2n) is 6.11. The van der Waals surface area contributed by atoms with Gasteiger partial charge in [-0.25, -0.2) is 9.97 Å². The third-order valence-corrected chi connectivity index (χ3v) is 3.25. The number of ether oxygens (including phenoxy) is 1. The summed E-state index contributed by atoms with van der Waals surface area (Å²) < 4.78 is 10.6. The Labute approximate surface area is 125 Å². The Morgan fingerprint density at radius 2 is 2.00 bits per heavy atom.